The number of nitrogens with one attached hydrogen (secondary N) is 1. The fraction of sp³-hybridized carbons (Fsp3) is 0.684. The maximum atomic E-state index is 3.74. The second kappa shape index (κ2) is 8.55. The average Bonchev–Trinajstić information content (AvgIpc) is 2.73. The van der Waals surface area contributed by atoms with Crippen molar-refractivity contribution in [2.45, 2.75) is 58.5 Å². The molecule has 21 heavy (non-hydrogen) atoms. The normalized spacial score (nSPS) is 23.5. The van der Waals surface area contributed by atoms with E-state index in [-0.39, 0.29) is 0 Å². The zero-order valence-corrected chi connectivity index (χ0v) is 14.0. The van der Waals surface area contributed by atoms with Crippen molar-refractivity contribution in [1.82, 2.24) is 10.2 Å². The molecule has 0 spiro atoms. The van der Waals surface area contributed by atoms with Crippen LogP contribution in [0.3, 0.4) is 0 Å². The zero-order valence-electron chi connectivity index (χ0n) is 14.0. The third-order valence-corrected chi connectivity index (χ3v) is 4.91. The molecule has 3 atom stereocenters. The maximum Gasteiger partial charge on any atom is 0.0477 e. The number of likely N-dealkylation sites (N-methyl/N-ethyl adjacent to an activating group) is 1. The van der Waals surface area contributed by atoms with Gasteiger partial charge < -0.3 is 5.32 Å². The third kappa shape index (κ3) is 4.55. The summed E-state index contributed by atoms with van der Waals surface area (Å²) >= 11 is 0. The van der Waals surface area contributed by atoms with E-state index in [9.17, 15) is 0 Å². The molecule has 0 aliphatic carbocycles. The lowest BCUT2D eigenvalue weighted by molar-refractivity contribution is 0.155. The van der Waals surface area contributed by atoms with Gasteiger partial charge in [-0.15, -0.1) is 0 Å². The van der Waals surface area contributed by atoms with Gasteiger partial charge in [-0.25, -0.2) is 0 Å². The van der Waals surface area contributed by atoms with Crippen LogP contribution in [0.2, 0.25) is 0 Å². The van der Waals surface area contributed by atoms with E-state index in [0.717, 1.165) is 12.5 Å². The second-order valence-electron chi connectivity index (χ2n) is 6.49. The first-order chi connectivity index (χ1) is 10.3. The van der Waals surface area contributed by atoms with Gasteiger partial charge in [0.05, 0.1) is 0 Å². The molecule has 3 unspecified atom stereocenters. The monoisotopic (exact) mass is 288 g/mol. The van der Waals surface area contributed by atoms with Gasteiger partial charge in [0.2, 0.25) is 0 Å². The molecule has 0 aromatic heterocycles. The van der Waals surface area contributed by atoms with Gasteiger partial charge in [-0.2, -0.15) is 0 Å². The van der Waals surface area contributed by atoms with Crippen LogP contribution in [0.4, 0.5) is 0 Å². The van der Waals surface area contributed by atoms with Gasteiger partial charge in [0.25, 0.3) is 0 Å². The Labute approximate surface area is 130 Å². The largest absolute Gasteiger partial charge is 0.309 e. The number of hydrogen-bond acceptors (Lipinski definition) is 2. The summed E-state index contributed by atoms with van der Waals surface area (Å²) in [5.41, 5.74) is 1.43. The lowest BCUT2D eigenvalue weighted by atomic mass is 9.95. The van der Waals surface area contributed by atoms with Crippen molar-refractivity contribution in [1.29, 1.82) is 0 Å². The summed E-state index contributed by atoms with van der Waals surface area (Å²) in [6, 6.07) is 12.1. The minimum atomic E-state index is 0.453. The maximum absolute atomic E-state index is 3.74. The predicted molar refractivity (Wildman–Crippen MR) is 91.5 cm³/mol. The summed E-state index contributed by atoms with van der Waals surface area (Å²) in [5.74, 6) is 0.891. The van der Waals surface area contributed by atoms with Crippen LogP contribution in [-0.4, -0.2) is 30.6 Å². The molecule has 1 aromatic rings. The van der Waals surface area contributed by atoms with Crippen molar-refractivity contribution in [2.24, 2.45) is 5.92 Å². The minimum Gasteiger partial charge on any atom is -0.309 e. The minimum absolute atomic E-state index is 0.453. The van der Waals surface area contributed by atoms with Crippen LogP contribution in [0.1, 0.15) is 58.1 Å². The van der Waals surface area contributed by atoms with E-state index in [1.807, 2.05) is 0 Å². The van der Waals surface area contributed by atoms with Crippen LogP contribution in [0.15, 0.2) is 30.3 Å². The molecule has 1 N–H and O–H groups in total. The Morgan fingerprint density at radius 1 is 1.14 bits per heavy atom. The summed E-state index contributed by atoms with van der Waals surface area (Å²) in [7, 11) is 0. The van der Waals surface area contributed by atoms with E-state index in [1.165, 1.54) is 44.3 Å². The Morgan fingerprint density at radius 2 is 1.90 bits per heavy atom. The van der Waals surface area contributed by atoms with E-state index in [2.05, 4.69) is 61.3 Å². The van der Waals surface area contributed by atoms with Crippen molar-refractivity contribution in [3.8, 4) is 0 Å². The number of benzene rings is 1. The topological polar surface area (TPSA) is 15.3 Å². The molecule has 1 aromatic carbocycles. The summed E-state index contributed by atoms with van der Waals surface area (Å²) in [5, 5.41) is 3.74. The fourth-order valence-corrected chi connectivity index (χ4v) is 3.68. The van der Waals surface area contributed by atoms with Crippen LogP contribution in [0.25, 0.3) is 0 Å². The van der Waals surface area contributed by atoms with Gasteiger partial charge in [0.1, 0.15) is 0 Å². The lowest BCUT2D eigenvalue weighted by Gasteiger charge is -2.37. The van der Waals surface area contributed by atoms with E-state index in [1.54, 1.807) is 0 Å². The van der Waals surface area contributed by atoms with Crippen molar-refractivity contribution in [3.63, 3.8) is 0 Å². The van der Waals surface area contributed by atoms with Crippen LogP contribution in [-0.2, 0) is 0 Å². The van der Waals surface area contributed by atoms with E-state index in [0.29, 0.717) is 12.1 Å². The first kappa shape index (κ1) is 16.5. The lowest BCUT2D eigenvalue weighted by Crippen LogP contribution is -2.45. The first-order valence-electron chi connectivity index (χ1n) is 8.78. The van der Waals surface area contributed by atoms with Crippen molar-refractivity contribution >= 4 is 0 Å². The van der Waals surface area contributed by atoms with Gasteiger partial charge in [0.15, 0.2) is 0 Å². The molecule has 1 heterocycles. The second-order valence-corrected chi connectivity index (χ2v) is 6.49. The molecule has 0 saturated carbocycles. The Bertz CT molecular complexity index is 390. The predicted octanol–water partition coefficient (Wildman–Crippen LogP) is 4.24. The van der Waals surface area contributed by atoms with Crippen molar-refractivity contribution in [3.05, 3.63) is 35.9 Å². The molecule has 118 valence electrons. The number of likely N-dealkylation sites (tertiary alicyclic amines) is 1. The number of nitrogens with zero attached hydrogens (tertiary/aromatic N) is 1. The quantitative estimate of drug-likeness (QED) is 0.842. The standard InChI is InChI=1S/C19H32N2/c1-4-18(21-14-9-10-16(3)13-15-21)19(20-5-2)17-11-7-6-8-12-17/h6-8,11-12,16,18-20H,4-5,9-10,13-15H2,1-3H3. The Hall–Kier alpha value is -0.860. The average molecular weight is 288 g/mol. The third-order valence-electron chi connectivity index (χ3n) is 4.91. The fourth-order valence-electron chi connectivity index (χ4n) is 3.68. The summed E-state index contributed by atoms with van der Waals surface area (Å²) in [6.07, 6.45) is 5.31. The van der Waals surface area contributed by atoms with Gasteiger partial charge in [-0.3, -0.25) is 4.90 Å². The molecule has 2 nitrogen and oxygen atoms in total. The highest BCUT2D eigenvalue weighted by atomic mass is 15.2. The van der Waals surface area contributed by atoms with Crippen LogP contribution in [0, 0.1) is 5.92 Å². The first-order valence-corrected chi connectivity index (χ1v) is 8.78. The SMILES string of the molecule is CCNC(c1ccccc1)C(CC)N1CCCC(C)CC1. The molecule has 0 amide bonds. The Kier molecular flexibility index (Phi) is 6.72. The molecular weight excluding hydrogens is 256 g/mol. The molecule has 1 aliphatic rings. The molecule has 0 bridgehead atoms. The zero-order chi connectivity index (χ0) is 15.1. The van der Waals surface area contributed by atoms with Crippen molar-refractivity contribution in [2.75, 3.05) is 19.6 Å². The highest BCUT2D eigenvalue weighted by Crippen LogP contribution is 2.27. The molecule has 1 fully saturated rings. The van der Waals surface area contributed by atoms with Gasteiger partial charge >= 0.3 is 0 Å². The molecule has 0 radical (unpaired) electrons. The summed E-state index contributed by atoms with van der Waals surface area (Å²) in [6.45, 7) is 10.5. The number of hydrogen-bond donors (Lipinski definition) is 1. The van der Waals surface area contributed by atoms with Crippen LogP contribution in [0.5, 0.6) is 0 Å². The van der Waals surface area contributed by atoms with E-state index >= 15 is 0 Å². The Balaban J connectivity index is 2.15. The van der Waals surface area contributed by atoms with E-state index < -0.39 is 0 Å². The highest BCUT2D eigenvalue weighted by molar-refractivity contribution is 5.20. The van der Waals surface area contributed by atoms with Gasteiger partial charge in [0, 0.05) is 12.1 Å². The summed E-state index contributed by atoms with van der Waals surface area (Å²) < 4.78 is 0. The van der Waals surface area contributed by atoms with Crippen molar-refractivity contribution < 1.29 is 0 Å². The smallest absolute Gasteiger partial charge is 0.0477 e. The molecule has 2 heteroatoms. The van der Waals surface area contributed by atoms with Gasteiger partial charge in [-0.1, -0.05) is 51.1 Å². The molecule has 1 saturated heterocycles. The summed E-state index contributed by atoms with van der Waals surface area (Å²) in [4.78, 5) is 2.74. The molecular formula is C19H32N2. The van der Waals surface area contributed by atoms with E-state index in [4.69, 9.17) is 0 Å². The number of rotatable bonds is 6. The highest BCUT2D eigenvalue weighted by Gasteiger charge is 2.28. The van der Waals surface area contributed by atoms with Gasteiger partial charge in [-0.05, 0) is 56.8 Å². The van der Waals surface area contributed by atoms with Crippen LogP contribution >= 0.6 is 0 Å². The molecule has 1 aliphatic heterocycles. The molecule has 2 rings (SSSR count). The Morgan fingerprint density at radius 3 is 2.57 bits per heavy atom. The van der Waals surface area contributed by atoms with Crippen LogP contribution < -0.4 is 5.32 Å².